The third-order valence-corrected chi connectivity index (χ3v) is 3.13. The number of imidazole rings is 1. The summed E-state index contributed by atoms with van der Waals surface area (Å²) in [6, 6.07) is 13.0. The molecule has 3 rings (SSSR count). The maximum absolute atomic E-state index is 13.5. The van der Waals surface area contributed by atoms with Crippen molar-refractivity contribution in [2.24, 2.45) is 0 Å². The molecule has 0 aliphatic carbocycles. The molecule has 1 N–H and O–H groups in total. The van der Waals surface area contributed by atoms with Crippen molar-refractivity contribution in [2.45, 2.75) is 12.8 Å². The summed E-state index contributed by atoms with van der Waals surface area (Å²) >= 11 is 0. The van der Waals surface area contributed by atoms with Crippen LogP contribution in [0.25, 0.3) is 11.0 Å². The monoisotopic (exact) mass is 240 g/mol. The Kier molecular flexibility index (Phi) is 2.81. The minimum absolute atomic E-state index is 0.125. The van der Waals surface area contributed by atoms with E-state index in [1.165, 1.54) is 11.6 Å². The molecule has 0 spiro atoms. The van der Waals surface area contributed by atoms with E-state index in [4.69, 9.17) is 0 Å². The molecule has 3 aromatic rings. The number of rotatable bonds is 3. The molecular formula is C15H13FN2. The van der Waals surface area contributed by atoms with Gasteiger partial charge >= 0.3 is 0 Å². The van der Waals surface area contributed by atoms with Crippen LogP contribution in [0, 0.1) is 5.82 Å². The van der Waals surface area contributed by atoms with Gasteiger partial charge in [-0.25, -0.2) is 9.37 Å². The molecule has 1 heterocycles. The molecule has 18 heavy (non-hydrogen) atoms. The lowest BCUT2D eigenvalue weighted by Crippen LogP contribution is -1.94. The van der Waals surface area contributed by atoms with Crippen molar-refractivity contribution in [3.8, 4) is 0 Å². The highest BCUT2D eigenvalue weighted by Gasteiger charge is 2.02. The molecule has 0 saturated heterocycles. The van der Waals surface area contributed by atoms with Crippen molar-refractivity contribution in [3.63, 3.8) is 0 Å². The van der Waals surface area contributed by atoms with Crippen LogP contribution < -0.4 is 0 Å². The minimum Gasteiger partial charge on any atom is -0.345 e. The van der Waals surface area contributed by atoms with E-state index in [9.17, 15) is 4.39 Å². The quantitative estimate of drug-likeness (QED) is 0.746. The first-order valence-electron chi connectivity index (χ1n) is 5.98. The molecule has 0 aliphatic rings. The highest BCUT2D eigenvalue weighted by atomic mass is 19.1. The summed E-state index contributed by atoms with van der Waals surface area (Å²) in [7, 11) is 0. The molecule has 3 heteroatoms. The van der Waals surface area contributed by atoms with Crippen molar-refractivity contribution >= 4 is 11.0 Å². The van der Waals surface area contributed by atoms with E-state index >= 15 is 0 Å². The first-order chi connectivity index (χ1) is 8.83. The Labute approximate surface area is 104 Å². The van der Waals surface area contributed by atoms with Crippen LogP contribution in [-0.2, 0) is 12.8 Å². The molecule has 0 amide bonds. The van der Waals surface area contributed by atoms with Gasteiger partial charge in [0.25, 0.3) is 0 Å². The maximum Gasteiger partial charge on any atom is 0.126 e. The average Bonchev–Trinajstić information content (AvgIpc) is 2.85. The molecule has 2 aromatic carbocycles. The Morgan fingerprint density at radius 1 is 1.06 bits per heavy atom. The van der Waals surface area contributed by atoms with Gasteiger partial charge in [-0.3, -0.25) is 0 Å². The summed E-state index contributed by atoms with van der Waals surface area (Å²) in [6.07, 6.45) is 3.23. The SMILES string of the molecule is Fc1ccccc1CCc1ccc2nc[nH]c2c1. The van der Waals surface area contributed by atoms with Crippen molar-refractivity contribution in [3.05, 3.63) is 65.7 Å². The highest BCUT2D eigenvalue weighted by molar-refractivity contribution is 5.75. The fraction of sp³-hybridized carbons (Fsp3) is 0.133. The van der Waals surface area contributed by atoms with Gasteiger partial charge in [-0.05, 0) is 42.2 Å². The Morgan fingerprint density at radius 2 is 1.94 bits per heavy atom. The van der Waals surface area contributed by atoms with Crippen LogP contribution in [0.15, 0.2) is 48.8 Å². The molecule has 0 aliphatic heterocycles. The van der Waals surface area contributed by atoms with E-state index in [-0.39, 0.29) is 5.82 Å². The number of aromatic nitrogens is 2. The van der Waals surface area contributed by atoms with Crippen LogP contribution in [0.1, 0.15) is 11.1 Å². The lowest BCUT2D eigenvalue weighted by Gasteiger charge is -2.03. The second kappa shape index (κ2) is 4.61. The van der Waals surface area contributed by atoms with Gasteiger partial charge in [0.05, 0.1) is 17.4 Å². The van der Waals surface area contributed by atoms with Crippen molar-refractivity contribution < 1.29 is 4.39 Å². The van der Waals surface area contributed by atoms with Gasteiger partial charge in [0, 0.05) is 0 Å². The van der Waals surface area contributed by atoms with Gasteiger partial charge in [0.15, 0.2) is 0 Å². The van der Waals surface area contributed by atoms with Crippen LogP contribution in [0.5, 0.6) is 0 Å². The van der Waals surface area contributed by atoms with Gasteiger partial charge < -0.3 is 4.98 Å². The standard InChI is InChI=1S/C15H13FN2/c16-13-4-2-1-3-12(13)7-5-11-6-8-14-15(9-11)18-10-17-14/h1-4,6,8-10H,5,7H2,(H,17,18). The molecule has 2 nitrogen and oxygen atoms in total. The zero-order valence-corrected chi connectivity index (χ0v) is 9.86. The first kappa shape index (κ1) is 11.0. The number of hydrogen-bond acceptors (Lipinski definition) is 1. The second-order valence-corrected chi connectivity index (χ2v) is 4.35. The van der Waals surface area contributed by atoms with Crippen LogP contribution in [0.3, 0.4) is 0 Å². The Morgan fingerprint density at radius 3 is 2.83 bits per heavy atom. The normalized spacial score (nSPS) is 10.9. The number of aromatic amines is 1. The van der Waals surface area contributed by atoms with Gasteiger partial charge in [-0.1, -0.05) is 24.3 Å². The molecule has 90 valence electrons. The number of hydrogen-bond donors (Lipinski definition) is 1. The Balaban J connectivity index is 1.78. The minimum atomic E-state index is -0.125. The average molecular weight is 240 g/mol. The van der Waals surface area contributed by atoms with E-state index < -0.39 is 0 Å². The summed E-state index contributed by atoms with van der Waals surface area (Å²) in [4.78, 5) is 7.26. The van der Waals surface area contributed by atoms with Crippen LogP contribution >= 0.6 is 0 Å². The van der Waals surface area contributed by atoms with Gasteiger partial charge in [0.1, 0.15) is 5.82 Å². The fourth-order valence-electron chi connectivity index (χ4n) is 2.12. The van der Waals surface area contributed by atoms with Gasteiger partial charge in [-0.15, -0.1) is 0 Å². The molecular weight excluding hydrogens is 227 g/mol. The molecule has 1 aromatic heterocycles. The second-order valence-electron chi connectivity index (χ2n) is 4.35. The third-order valence-electron chi connectivity index (χ3n) is 3.13. The summed E-state index contributed by atoms with van der Waals surface area (Å²) in [5.74, 6) is -0.125. The zero-order chi connectivity index (χ0) is 12.4. The van der Waals surface area contributed by atoms with E-state index in [0.29, 0.717) is 6.42 Å². The smallest absolute Gasteiger partial charge is 0.126 e. The van der Waals surface area contributed by atoms with Crippen molar-refractivity contribution in [1.82, 2.24) is 9.97 Å². The fourth-order valence-corrected chi connectivity index (χ4v) is 2.12. The highest BCUT2D eigenvalue weighted by Crippen LogP contribution is 2.15. The Hall–Kier alpha value is -2.16. The zero-order valence-electron chi connectivity index (χ0n) is 9.86. The first-order valence-corrected chi connectivity index (χ1v) is 5.98. The molecule has 0 unspecified atom stereocenters. The third kappa shape index (κ3) is 2.12. The molecule has 0 radical (unpaired) electrons. The molecule has 0 fully saturated rings. The lowest BCUT2D eigenvalue weighted by atomic mass is 10.0. The van der Waals surface area contributed by atoms with Crippen LogP contribution in [0.2, 0.25) is 0 Å². The van der Waals surface area contributed by atoms with Crippen LogP contribution in [-0.4, -0.2) is 9.97 Å². The number of benzene rings is 2. The number of H-pyrrole nitrogens is 1. The Bertz CT molecular complexity index is 673. The summed E-state index contributed by atoms with van der Waals surface area (Å²) in [6.45, 7) is 0. The molecule has 0 bridgehead atoms. The van der Waals surface area contributed by atoms with Gasteiger partial charge in [-0.2, -0.15) is 0 Å². The van der Waals surface area contributed by atoms with Gasteiger partial charge in [0.2, 0.25) is 0 Å². The van der Waals surface area contributed by atoms with Crippen LogP contribution in [0.4, 0.5) is 4.39 Å². The summed E-state index contributed by atoms with van der Waals surface area (Å²) in [5, 5.41) is 0. The molecule has 0 saturated carbocycles. The number of halogens is 1. The number of nitrogens with zero attached hydrogens (tertiary/aromatic N) is 1. The number of nitrogens with one attached hydrogen (secondary N) is 1. The maximum atomic E-state index is 13.5. The van der Waals surface area contributed by atoms with E-state index in [1.807, 2.05) is 24.3 Å². The van der Waals surface area contributed by atoms with E-state index in [2.05, 4.69) is 16.0 Å². The lowest BCUT2D eigenvalue weighted by molar-refractivity contribution is 0.608. The predicted molar refractivity (Wildman–Crippen MR) is 69.9 cm³/mol. The van der Waals surface area contributed by atoms with E-state index in [0.717, 1.165) is 23.0 Å². The van der Waals surface area contributed by atoms with Crippen molar-refractivity contribution in [2.75, 3.05) is 0 Å². The largest absolute Gasteiger partial charge is 0.345 e. The number of aryl methyl sites for hydroxylation is 2. The predicted octanol–water partition coefficient (Wildman–Crippen LogP) is 3.49. The summed E-state index contributed by atoms with van der Waals surface area (Å²) in [5.41, 5.74) is 3.95. The number of fused-ring (bicyclic) bond motifs is 1. The van der Waals surface area contributed by atoms with E-state index in [1.54, 1.807) is 12.4 Å². The topological polar surface area (TPSA) is 28.7 Å². The van der Waals surface area contributed by atoms with Crippen molar-refractivity contribution in [1.29, 1.82) is 0 Å². The summed E-state index contributed by atoms with van der Waals surface area (Å²) < 4.78 is 13.5. The molecule has 0 atom stereocenters.